The van der Waals surface area contributed by atoms with E-state index in [1.807, 2.05) is 25.1 Å². The van der Waals surface area contributed by atoms with Crippen molar-refractivity contribution in [2.24, 2.45) is 0 Å². The van der Waals surface area contributed by atoms with E-state index in [4.69, 9.17) is 0 Å². The number of benzene rings is 1. The zero-order valence-electron chi connectivity index (χ0n) is 11.9. The van der Waals surface area contributed by atoms with Crippen LogP contribution in [0.4, 0.5) is 5.69 Å². The van der Waals surface area contributed by atoms with Crippen molar-refractivity contribution in [3.63, 3.8) is 0 Å². The Morgan fingerprint density at radius 1 is 1.40 bits per heavy atom. The summed E-state index contributed by atoms with van der Waals surface area (Å²) in [5.41, 5.74) is 1.82. The highest BCUT2D eigenvalue weighted by Crippen LogP contribution is 2.19. The van der Waals surface area contributed by atoms with Gasteiger partial charge in [0.2, 0.25) is 5.91 Å². The fourth-order valence-electron chi connectivity index (χ4n) is 1.63. The molecule has 0 aliphatic carbocycles. The highest BCUT2D eigenvalue weighted by molar-refractivity contribution is 9.10. The van der Waals surface area contributed by atoms with Crippen molar-refractivity contribution >= 4 is 33.5 Å². The van der Waals surface area contributed by atoms with Crippen molar-refractivity contribution in [3.8, 4) is 0 Å². The van der Waals surface area contributed by atoms with E-state index in [0.29, 0.717) is 6.54 Å². The van der Waals surface area contributed by atoms with Crippen LogP contribution in [0.2, 0.25) is 0 Å². The van der Waals surface area contributed by atoms with Crippen molar-refractivity contribution in [2.75, 3.05) is 32.6 Å². The quantitative estimate of drug-likeness (QED) is 0.805. The SMILES string of the molecule is COC(=O)CCN(C)CC(=O)Nc1ccc(Br)c(C)c1. The molecule has 0 spiro atoms. The molecular weight excluding hydrogens is 324 g/mol. The van der Waals surface area contributed by atoms with Gasteiger partial charge in [-0.15, -0.1) is 0 Å². The Kier molecular flexibility index (Phi) is 6.67. The molecule has 5 nitrogen and oxygen atoms in total. The molecule has 1 rings (SSSR count). The first-order chi connectivity index (χ1) is 9.42. The summed E-state index contributed by atoms with van der Waals surface area (Å²) < 4.78 is 5.56. The second-order valence-corrected chi connectivity index (χ2v) is 5.43. The van der Waals surface area contributed by atoms with Crippen LogP contribution in [0.15, 0.2) is 22.7 Å². The van der Waals surface area contributed by atoms with Crippen LogP contribution in [0, 0.1) is 6.92 Å². The van der Waals surface area contributed by atoms with Gasteiger partial charge in [-0.25, -0.2) is 0 Å². The molecule has 0 saturated carbocycles. The van der Waals surface area contributed by atoms with E-state index in [2.05, 4.69) is 26.0 Å². The van der Waals surface area contributed by atoms with Gasteiger partial charge in [-0.05, 0) is 37.7 Å². The predicted molar refractivity (Wildman–Crippen MR) is 81.6 cm³/mol. The van der Waals surface area contributed by atoms with Crippen LogP contribution in [0.3, 0.4) is 0 Å². The van der Waals surface area contributed by atoms with E-state index in [0.717, 1.165) is 15.7 Å². The number of nitrogens with one attached hydrogen (secondary N) is 1. The third kappa shape index (κ3) is 5.71. The normalized spacial score (nSPS) is 10.4. The highest BCUT2D eigenvalue weighted by Gasteiger charge is 2.09. The van der Waals surface area contributed by atoms with E-state index in [1.165, 1.54) is 7.11 Å². The molecule has 0 aliphatic rings. The number of likely N-dealkylation sites (N-methyl/N-ethyl adjacent to an activating group) is 1. The van der Waals surface area contributed by atoms with Gasteiger partial charge in [0, 0.05) is 16.7 Å². The molecule has 0 radical (unpaired) electrons. The molecule has 0 saturated heterocycles. The molecule has 1 aromatic rings. The number of methoxy groups -OCH3 is 1. The van der Waals surface area contributed by atoms with Crippen LogP contribution in [-0.2, 0) is 14.3 Å². The van der Waals surface area contributed by atoms with Gasteiger partial charge in [0.25, 0.3) is 0 Å². The first kappa shape index (κ1) is 16.7. The smallest absolute Gasteiger partial charge is 0.306 e. The summed E-state index contributed by atoms with van der Waals surface area (Å²) in [5.74, 6) is -0.389. The first-order valence-electron chi connectivity index (χ1n) is 6.23. The Hall–Kier alpha value is -1.40. The molecule has 0 aliphatic heterocycles. The van der Waals surface area contributed by atoms with Crippen molar-refractivity contribution < 1.29 is 14.3 Å². The molecule has 6 heteroatoms. The molecule has 0 aromatic heterocycles. The lowest BCUT2D eigenvalue weighted by atomic mass is 10.2. The number of esters is 1. The molecule has 110 valence electrons. The molecule has 1 aromatic carbocycles. The van der Waals surface area contributed by atoms with Crippen LogP contribution >= 0.6 is 15.9 Å². The van der Waals surface area contributed by atoms with Crippen molar-refractivity contribution in [1.82, 2.24) is 4.90 Å². The molecule has 0 heterocycles. The summed E-state index contributed by atoms with van der Waals surface area (Å²) in [6, 6.07) is 5.63. The third-order valence-corrected chi connectivity index (χ3v) is 3.67. The van der Waals surface area contributed by atoms with Gasteiger partial charge in [-0.3, -0.25) is 14.5 Å². The highest BCUT2D eigenvalue weighted by atomic mass is 79.9. The lowest BCUT2D eigenvalue weighted by molar-refractivity contribution is -0.141. The minimum Gasteiger partial charge on any atom is -0.469 e. The minimum atomic E-state index is -0.277. The minimum absolute atomic E-state index is 0.112. The molecule has 0 unspecified atom stereocenters. The average Bonchev–Trinajstić information content (AvgIpc) is 2.40. The Labute approximate surface area is 127 Å². The molecule has 1 N–H and O–H groups in total. The molecular formula is C14H19BrN2O3. The van der Waals surface area contributed by atoms with E-state index >= 15 is 0 Å². The summed E-state index contributed by atoms with van der Waals surface area (Å²) in [7, 11) is 3.14. The summed E-state index contributed by atoms with van der Waals surface area (Å²) >= 11 is 3.41. The number of aryl methyl sites for hydroxylation is 1. The molecule has 1 amide bonds. The van der Waals surface area contributed by atoms with Gasteiger partial charge in [0.15, 0.2) is 0 Å². The van der Waals surface area contributed by atoms with Crippen molar-refractivity contribution in [3.05, 3.63) is 28.2 Å². The van der Waals surface area contributed by atoms with Crippen LogP contribution in [0.5, 0.6) is 0 Å². The van der Waals surface area contributed by atoms with E-state index < -0.39 is 0 Å². The summed E-state index contributed by atoms with van der Waals surface area (Å²) in [5, 5.41) is 2.82. The lowest BCUT2D eigenvalue weighted by Gasteiger charge is -2.15. The fourth-order valence-corrected chi connectivity index (χ4v) is 1.88. The first-order valence-corrected chi connectivity index (χ1v) is 7.03. The number of hydrogen-bond acceptors (Lipinski definition) is 4. The van der Waals surface area contributed by atoms with Crippen LogP contribution in [0.1, 0.15) is 12.0 Å². The third-order valence-electron chi connectivity index (χ3n) is 2.78. The molecule has 0 bridgehead atoms. The van der Waals surface area contributed by atoms with Crippen molar-refractivity contribution in [1.29, 1.82) is 0 Å². The standard InChI is InChI=1S/C14H19BrN2O3/c1-10-8-11(4-5-12(10)15)16-13(18)9-17(2)7-6-14(19)20-3/h4-5,8H,6-7,9H2,1-3H3,(H,16,18). The topological polar surface area (TPSA) is 58.6 Å². The van der Waals surface area contributed by atoms with Crippen LogP contribution < -0.4 is 5.32 Å². The lowest BCUT2D eigenvalue weighted by Crippen LogP contribution is -2.31. The number of anilines is 1. The van der Waals surface area contributed by atoms with Gasteiger partial charge in [-0.1, -0.05) is 15.9 Å². The van der Waals surface area contributed by atoms with E-state index in [1.54, 1.807) is 11.9 Å². The Balaban J connectivity index is 2.42. The summed E-state index contributed by atoms with van der Waals surface area (Å²) in [6.45, 7) is 2.67. The molecule has 0 fully saturated rings. The number of rotatable bonds is 6. The number of nitrogens with zero attached hydrogens (tertiary/aromatic N) is 1. The Morgan fingerprint density at radius 2 is 2.10 bits per heavy atom. The predicted octanol–water partition coefficient (Wildman–Crippen LogP) is 2.19. The van der Waals surface area contributed by atoms with Gasteiger partial charge >= 0.3 is 5.97 Å². The monoisotopic (exact) mass is 342 g/mol. The number of carbonyl (C=O) groups is 2. The van der Waals surface area contributed by atoms with Gasteiger partial charge in [0.05, 0.1) is 20.1 Å². The summed E-state index contributed by atoms with van der Waals surface area (Å²) in [6.07, 6.45) is 0.275. The number of carbonyl (C=O) groups excluding carboxylic acids is 2. The maximum Gasteiger partial charge on any atom is 0.306 e. The van der Waals surface area contributed by atoms with Gasteiger partial charge in [-0.2, -0.15) is 0 Å². The summed E-state index contributed by atoms with van der Waals surface area (Å²) in [4.78, 5) is 24.6. The van der Waals surface area contributed by atoms with Crippen molar-refractivity contribution in [2.45, 2.75) is 13.3 Å². The Bertz CT molecular complexity index is 491. The fraction of sp³-hybridized carbons (Fsp3) is 0.429. The van der Waals surface area contributed by atoms with E-state index in [9.17, 15) is 9.59 Å². The number of amides is 1. The number of ether oxygens (including phenoxy) is 1. The van der Waals surface area contributed by atoms with Crippen LogP contribution in [0.25, 0.3) is 0 Å². The average molecular weight is 343 g/mol. The second-order valence-electron chi connectivity index (χ2n) is 4.58. The van der Waals surface area contributed by atoms with Gasteiger partial charge < -0.3 is 10.1 Å². The Morgan fingerprint density at radius 3 is 2.70 bits per heavy atom. The second kappa shape index (κ2) is 8.01. The maximum absolute atomic E-state index is 11.9. The zero-order valence-corrected chi connectivity index (χ0v) is 13.5. The molecule has 20 heavy (non-hydrogen) atoms. The van der Waals surface area contributed by atoms with E-state index in [-0.39, 0.29) is 24.8 Å². The number of halogens is 1. The molecule has 0 atom stereocenters. The maximum atomic E-state index is 11.9. The van der Waals surface area contributed by atoms with Gasteiger partial charge in [0.1, 0.15) is 0 Å². The zero-order chi connectivity index (χ0) is 15.1. The largest absolute Gasteiger partial charge is 0.469 e. The number of hydrogen-bond donors (Lipinski definition) is 1. The van der Waals surface area contributed by atoms with Crippen LogP contribution in [-0.4, -0.2) is 44.0 Å².